The maximum absolute atomic E-state index is 12.6. The first-order valence-electron chi connectivity index (χ1n) is 10.7. The molecule has 6 nitrogen and oxygen atoms in total. The van der Waals surface area contributed by atoms with Crippen LogP contribution in [0.1, 0.15) is 30.1 Å². The molecular formula is C24H29ClN2O4. The van der Waals surface area contributed by atoms with Gasteiger partial charge in [-0.1, -0.05) is 11.6 Å². The Bertz CT molecular complexity index is 847. The van der Waals surface area contributed by atoms with Gasteiger partial charge >= 0.3 is 0 Å². The number of nitrogens with one attached hydrogen (secondary N) is 1. The van der Waals surface area contributed by atoms with Gasteiger partial charge in [0, 0.05) is 16.5 Å². The minimum atomic E-state index is -0.0298. The Morgan fingerprint density at radius 1 is 1.00 bits per heavy atom. The van der Waals surface area contributed by atoms with Gasteiger partial charge in [0.25, 0.3) is 0 Å². The fourth-order valence-electron chi connectivity index (χ4n) is 3.62. The molecule has 1 N–H and O–H groups in total. The summed E-state index contributed by atoms with van der Waals surface area (Å²) in [5.74, 6) is 1.68. The highest BCUT2D eigenvalue weighted by molar-refractivity contribution is 6.30. The van der Waals surface area contributed by atoms with Crippen molar-refractivity contribution in [2.24, 2.45) is 5.92 Å². The van der Waals surface area contributed by atoms with Crippen molar-refractivity contribution in [2.45, 2.75) is 19.8 Å². The molecular weight excluding hydrogens is 416 g/mol. The molecule has 1 saturated heterocycles. The van der Waals surface area contributed by atoms with Crippen molar-refractivity contribution in [3.05, 3.63) is 59.1 Å². The lowest BCUT2D eigenvalue weighted by Crippen LogP contribution is -2.43. The molecule has 1 aliphatic rings. The van der Waals surface area contributed by atoms with Gasteiger partial charge < -0.3 is 14.8 Å². The topological polar surface area (TPSA) is 67.9 Å². The van der Waals surface area contributed by atoms with Crippen LogP contribution in [0.5, 0.6) is 11.5 Å². The van der Waals surface area contributed by atoms with Crippen molar-refractivity contribution in [2.75, 3.05) is 39.4 Å². The van der Waals surface area contributed by atoms with Gasteiger partial charge in [0.1, 0.15) is 18.1 Å². The summed E-state index contributed by atoms with van der Waals surface area (Å²) in [6, 6.07) is 14.5. The normalized spacial score (nSPS) is 14.8. The third-order valence-corrected chi connectivity index (χ3v) is 5.53. The summed E-state index contributed by atoms with van der Waals surface area (Å²) in [6.07, 6.45) is 1.52. The number of hydrogen-bond donors (Lipinski definition) is 1. The largest absolute Gasteiger partial charge is 0.494 e. The number of Topliss-reactive ketones (excluding diaryl/α,β-unsaturated/α-hetero) is 1. The average molecular weight is 445 g/mol. The summed E-state index contributed by atoms with van der Waals surface area (Å²) in [5, 5.41) is 3.51. The van der Waals surface area contributed by atoms with E-state index in [-0.39, 0.29) is 17.6 Å². The Morgan fingerprint density at radius 3 is 2.23 bits per heavy atom. The van der Waals surface area contributed by atoms with Crippen LogP contribution in [0.15, 0.2) is 48.5 Å². The molecule has 2 aromatic rings. The zero-order valence-corrected chi connectivity index (χ0v) is 18.6. The van der Waals surface area contributed by atoms with E-state index >= 15 is 0 Å². The van der Waals surface area contributed by atoms with Crippen LogP contribution in [-0.2, 0) is 4.79 Å². The first-order valence-corrected chi connectivity index (χ1v) is 11.1. The maximum atomic E-state index is 12.6. The number of piperidine rings is 1. The summed E-state index contributed by atoms with van der Waals surface area (Å²) in [5.41, 5.74) is 0.702. The number of benzene rings is 2. The molecule has 1 heterocycles. The quantitative estimate of drug-likeness (QED) is 0.445. The second-order valence-corrected chi connectivity index (χ2v) is 7.96. The van der Waals surface area contributed by atoms with Gasteiger partial charge in [-0.3, -0.25) is 14.5 Å². The summed E-state index contributed by atoms with van der Waals surface area (Å²) in [6.45, 7) is 5.22. The Kier molecular flexibility index (Phi) is 8.74. The van der Waals surface area contributed by atoms with E-state index in [1.165, 1.54) is 0 Å². The number of carbonyl (C=O) groups excluding carboxylic acids is 2. The predicted octanol–water partition coefficient (Wildman–Crippen LogP) is 3.83. The molecule has 0 unspecified atom stereocenters. The second-order valence-electron chi connectivity index (χ2n) is 7.52. The van der Waals surface area contributed by atoms with Crippen molar-refractivity contribution in [1.82, 2.24) is 10.2 Å². The third-order valence-electron chi connectivity index (χ3n) is 5.28. The molecule has 31 heavy (non-hydrogen) atoms. The molecule has 3 rings (SSSR count). The Labute approximate surface area is 188 Å². The van der Waals surface area contributed by atoms with Crippen molar-refractivity contribution in [3.8, 4) is 11.5 Å². The molecule has 0 atom stereocenters. The van der Waals surface area contributed by atoms with Crippen LogP contribution < -0.4 is 14.8 Å². The zero-order chi connectivity index (χ0) is 22.1. The predicted molar refractivity (Wildman–Crippen MR) is 121 cm³/mol. The highest BCUT2D eigenvalue weighted by atomic mass is 35.5. The lowest BCUT2D eigenvalue weighted by atomic mass is 9.89. The fourth-order valence-corrected chi connectivity index (χ4v) is 3.75. The molecule has 0 aromatic heterocycles. The molecule has 0 aliphatic carbocycles. The number of amides is 1. The second kappa shape index (κ2) is 11.7. The molecule has 166 valence electrons. The average Bonchev–Trinajstić information content (AvgIpc) is 2.78. The number of nitrogens with zero attached hydrogens (tertiary/aromatic N) is 1. The Balaban J connectivity index is 1.31. The number of halogens is 1. The lowest BCUT2D eigenvalue weighted by molar-refractivity contribution is -0.122. The van der Waals surface area contributed by atoms with Crippen LogP contribution >= 0.6 is 11.6 Å². The van der Waals surface area contributed by atoms with Crippen molar-refractivity contribution in [1.29, 1.82) is 0 Å². The molecule has 0 saturated carbocycles. The van der Waals surface area contributed by atoms with Crippen LogP contribution in [-0.4, -0.2) is 56.0 Å². The number of hydrogen-bond acceptors (Lipinski definition) is 5. The number of likely N-dealkylation sites (tertiary alicyclic amines) is 1. The van der Waals surface area contributed by atoms with Gasteiger partial charge in [0.15, 0.2) is 5.78 Å². The molecule has 1 aliphatic heterocycles. The molecule has 1 fully saturated rings. The van der Waals surface area contributed by atoms with E-state index in [9.17, 15) is 9.59 Å². The molecule has 1 amide bonds. The van der Waals surface area contributed by atoms with Crippen LogP contribution in [0, 0.1) is 5.92 Å². The van der Waals surface area contributed by atoms with E-state index in [4.69, 9.17) is 21.1 Å². The SMILES string of the molecule is CCOc1ccc(OCCNC(=O)CN2CCC(C(=O)c3ccc(Cl)cc3)CC2)cc1. The van der Waals surface area contributed by atoms with Gasteiger partial charge in [0.05, 0.1) is 19.7 Å². The van der Waals surface area contributed by atoms with Crippen molar-refractivity contribution in [3.63, 3.8) is 0 Å². The zero-order valence-electron chi connectivity index (χ0n) is 17.8. The van der Waals surface area contributed by atoms with Gasteiger partial charge in [0.2, 0.25) is 5.91 Å². The number of rotatable bonds is 10. The highest BCUT2D eigenvalue weighted by Gasteiger charge is 2.26. The molecule has 7 heteroatoms. The minimum absolute atomic E-state index is 0.00278. The Hall–Kier alpha value is -2.57. The summed E-state index contributed by atoms with van der Waals surface area (Å²) in [7, 11) is 0. The highest BCUT2D eigenvalue weighted by Crippen LogP contribution is 2.22. The number of carbonyl (C=O) groups is 2. The molecule has 2 aromatic carbocycles. The van der Waals surface area contributed by atoms with E-state index in [0.29, 0.717) is 36.9 Å². The minimum Gasteiger partial charge on any atom is -0.494 e. The lowest BCUT2D eigenvalue weighted by Gasteiger charge is -2.30. The van der Waals surface area contributed by atoms with E-state index in [1.807, 2.05) is 31.2 Å². The number of ketones is 1. The van der Waals surface area contributed by atoms with Crippen LogP contribution in [0.4, 0.5) is 0 Å². The fraction of sp³-hybridized carbons (Fsp3) is 0.417. The monoisotopic (exact) mass is 444 g/mol. The van der Waals surface area contributed by atoms with Gasteiger partial charge in [-0.2, -0.15) is 0 Å². The van der Waals surface area contributed by atoms with E-state index in [0.717, 1.165) is 37.4 Å². The van der Waals surface area contributed by atoms with Crippen molar-refractivity contribution < 1.29 is 19.1 Å². The summed E-state index contributed by atoms with van der Waals surface area (Å²) in [4.78, 5) is 26.9. The molecule has 0 spiro atoms. The van der Waals surface area contributed by atoms with E-state index in [2.05, 4.69) is 10.2 Å². The van der Waals surface area contributed by atoms with Crippen LogP contribution in [0.3, 0.4) is 0 Å². The van der Waals surface area contributed by atoms with Gasteiger partial charge in [-0.15, -0.1) is 0 Å². The van der Waals surface area contributed by atoms with E-state index < -0.39 is 0 Å². The van der Waals surface area contributed by atoms with Crippen LogP contribution in [0.25, 0.3) is 0 Å². The first kappa shape index (κ1) is 23.1. The standard InChI is InChI=1S/C24H29ClN2O4/c1-2-30-21-7-9-22(10-8-21)31-16-13-26-23(28)17-27-14-11-19(12-15-27)24(29)18-3-5-20(25)6-4-18/h3-10,19H,2,11-17H2,1H3,(H,26,28). The summed E-state index contributed by atoms with van der Waals surface area (Å²) < 4.78 is 11.0. The van der Waals surface area contributed by atoms with Crippen molar-refractivity contribution >= 4 is 23.3 Å². The first-order chi connectivity index (χ1) is 15.0. The summed E-state index contributed by atoms with van der Waals surface area (Å²) >= 11 is 5.89. The Morgan fingerprint density at radius 2 is 1.61 bits per heavy atom. The van der Waals surface area contributed by atoms with Crippen LogP contribution in [0.2, 0.25) is 5.02 Å². The third kappa shape index (κ3) is 7.26. The maximum Gasteiger partial charge on any atom is 0.234 e. The van der Waals surface area contributed by atoms with Gasteiger partial charge in [-0.25, -0.2) is 0 Å². The van der Waals surface area contributed by atoms with E-state index in [1.54, 1.807) is 24.3 Å². The van der Waals surface area contributed by atoms with Gasteiger partial charge in [-0.05, 0) is 81.4 Å². The molecule has 0 radical (unpaired) electrons. The number of ether oxygens (including phenoxy) is 2. The smallest absolute Gasteiger partial charge is 0.234 e. The molecule has 0 bridgehead atoms.